The summed E-state index contributed by atoms with van der Waals surface area (Å²) in [5, 5.41) is 12.6. The number of nitrogens with zero attached hydrogens (tertiary/aromatic N) is 1. The minimum atomic E-state index is -1.03. The number of aromatic nitrogens is 1. The lowest BCUT2D eigenvalue weighted by Gasteiger charge is -2.12. The number of carboxylic acid groups (broad SMARTS) is 1. The Morgan fingerprint density at radius 2 is 1.90 bits per heavy atom. The highest BCUT2D eigenvalue weighted by atomic mass is 16.5. The van der Waals surface area contributed by atoms with E-state index in [0.717, 1.165) is 28.3 Å². The predicted molar refractivity (Wildman–Crippen MR) is 113 cm³/mol. The van der Waals surface area contributed by atoms with Gasteiger partial charge in [0.05, 0.1) is 13.2 Å². The summed E-state index contributed by atoms with van der Waals surface area (Å²) >= 11 is 0. The third-order valence-electron chi connectivity index (χ3n) is 4.27. The Balaban J connectivity index is 1.69. The van der Waals surface area contributed by atoms with Gasteiger partial charge >= 0.3 is 5.97 Å². The van der Waals surface area contributed by atoms with Gasteiger partial charge in [0.25, 0.3) is 0 Å². The number of carbonyl (C=O) groups is 1. The summed E-state index contributed by atoms with van der Waals surface area (Å²) in [4.78, 5) is 15.8. The smallest absolute Gasteiger partial charge is 0.339 e. The normalized spacial score (nSPS) is 10.6. The fourth-order valence-electron chi connectivity index (χ4n) is 2.92. The van der Waals surface area contributed by atoms with Crippen LogP contribution >= 0.6 is 0 Å². The standard InChI is InChI=1S/C23H24N2O4/c1-15(2)29-19-6-4-5-16(11-19)13-24-22-10-8-18(14-25-22)17-7-9-21(28-3)20(12-17)23(26)27/h4-12,14-15H,13H2,1-3H3,(H,24,25)(H,26,27). The highest BCUT2D eigenvalue weighted by Crippen LogP contribution is 2.27. The molecule has 3 aromatic rings. The van der Waals surface area contributed by atoms with Crippen LogP contribution in [0.2, 0.25) is 0 Å². The number of anilines is 1. The molecule has 0 saturated heterocycles. The Kier molecular flexibility index (Phi) is 6.34. The maximum absolute atomic E-state index is 11.4. The van der Waals surface area contributed by atoms with Gasteiger partial charge in [0.2, 0.25) is 0 Å². The zero-order valence-corrected chi connectivity index (χ0v) is 16.7. The zero-order chi connectivity index (χ0) is 20.8. The van der Waals surface area contributed by atoms with Gasteiger partial charge in [-0.15, -0.1) is 0 Å². The predicted octanol–water partition coefficient (Wildman–Crippen LogP) is 4.85. The average Bonchev–Trinajstić information content (AvgIpc) is 2.72. The molecule has 0 aliphatic carbocycles. The fraction of sp³-hybridized carbons (Fsp3) is 0.217. The molecule has 1 heterocycles. The molecular formula is C23H24N2O4. The van der Waals surface area contributed by atoms with Crippen LogP contribution in [0, 0.1) is 0 Å². The van der Waals surface area contributed by atoms with Gasteiger partial charge in [-0.05, 0) is 61.4 Å². The van der Waals surface area contributed by atoms with Gasteiger partial charge in [-0.1, -0.05) is 18.2 Å². The Labute approximate surface area is 170 Å². The molecule has 0 spiro atoms. The lowest BCUT2D eigenvalue weighted by molar-refractivity contribution is 0.0693. The number of hydrogen-bond donors (Lipinski definition) is 2. The van der Waals surface area contributed by atoms with Gasteiger partial charge in [-0.25, -0.2) is 9.78 Å². The lowest BCUT2D eigenvalue weighted by atomic mass is 10.0. The second kappa shape index (κ2) is 9.10. The Hall–Kier alpha value is -3.54. The van der Waals surface area contributed by atoms with E-state index in [1.807, 2.05) is 56.3 Å². The minimum absolute atomic E-state index is 0.121. The molecule has 3 rings (SSSR count). The summed E-state index contributed by atoms with van der Waals surface area (Å²) in [5.41, 5.74) is 2.81. The first-order valence-electron chi connectivity index (χ1n) is 9.33. The number of nitrogens with one attached hydrogen (secondary N) is 1. The maximum atomic E-state index is 11.4. The summed E-state index contributed by atoms with van der Waals surface area (Å²) < 4.78 is 10.8. The molecule has 0 unspecified atom stereocenters. The van der Waals surface area contributed by atoms with E-state index in [-0.39, 0.29) is 11.7 Å². The minimum Gasteiger partial charge on any atom is -0.496 e. The molecule has 0 amide bonds. The monoisotopic (exact) mass is 392 g/mol. The van der Waals surface area contributed by atoms with Crippen LogP contribution in [-0.4, -0.2) is 29.3 Å². The van der Waals surface area contributed by atoms with Crippen LogP contribution in [-0.2, 0) is 6.54 Å². The van der Waals surface area contributed by atoms with Crippen molar-refractivity contribution in [1.82, 2.24) is 4.98 Å². The summed E-state index contributed by atoms with van der Waals surface area (Å²) in [5.74, 6) is 0.877. The van der Waals surface area contributed by atoms with E-state index in [9.17, 15) is 9.90 Å². The van der Waals surface area contributed by atoms with Crippen molar-refractivity contribution in [1.29, 1.82) is 0 Å². The van der Waals surface area contributed by atoms with Gasteiger partial charge in [0.15, 0.2) is 0 Å². The van der Waals surface area contributed by atoms with E-state index < -0.39 is 5.97 Å². The Bertz CT molecular complexity index is 984. The topological polar surface area (TPSA) is 80.7 Å². The third-order valence-corrected chi connectivity index (χ3v) is 4.27. The molecule has 2 N–H and O–H groups in total. The van der Waals surface area contributed by atoms with Gasteiger partial charge in [0, 0.05) is 18.3 Å². The van der Waals surface area contributed by atoms with Crippen LogP contribution in [0.25, 0.3) is 11.1 Å². The first-order valence-corrected chi connectivity index (χ1v) is 9.33. The van der Waals surface area contributed by atoms with Crippen molar-refractivity contribution in [2.75, 3.05) is 12.4 Å². The second-order valence-electron chi connectivity index (χ2n) is 6.82. The van der Waals surface area contributed by atoms with Crippen LogP contribution in [0.15, 0.2) is 60.8 Å². The molecular weight excluding hydrogens is 368 g/mol. The third kappa shape index (κ3) is 5.25. The molecule has 1 aromatic heterocycles. The number of rotatable bonds is 8. The van der Waals surface area contributed by atoms with Crippen molar-refractivity contribution in [2.45, 2.75) is 26.5 Å². The van der Waals surface area contributed by atoms with Crippen molar-refractivity contribution < 1.29 is 19.4 Å². The number of aromatic carboxylic acids is 1. The molecule has 0 saturated carbocycles. The molecule has 6 nitrogen and oxygen atoms in total. The Morgan fingerprint density at radius 3 is 2.55 bits per heavy atom. The van der Waals surface area contributed by atoms with Crippen molar-refractivity contribution in [2.24, 2.45) is 0 Å². The zero-order valence-electron chi connectivity index (χ0n) is 16.7. The molecule has 0 radical (unpaired) electrons. The van der Waals surface area contributed by atoms with Crippen molar-refractivity contribution in [3.05, 3.63) is 71.9 Å². The summed E-state index contributed by atoms with van der Waals surface area (Å²) in [6.45, 7) is 4.62. The summed E-state index contributed by atoms with van der Waals surface area (Å²) in [7, 11) is 1.45. The number of hydrogen-bond acceptors (Lipinski definition) is 5. The van der Waals surface area contributed by atoms with Gasteiger partial charge < -0.3 is 19.9 Å². The second-order valence-corrected chi connectivity index (χ2v) is 6.82. The largest absolute Gasteiger partial charge is 0.496 e. The molecule has 29 heavy (non-hydrogen) atoms. The van der Waals surface area contributed by atoms with Crippen molar-refractivity contribution in [3.8, 4) is 22.6 Å². The van der Waals surface area contributed by atoms with Crippen molar-refractivity contribution in [3.63, 3.8) is 0 Å². The molecule has 2 aromatic carbocycles. The highest BCUT2D eigenvalue weighted by Gasteiger charge is 2.12. The first kappa shape index (κ1) is 20.2. The number of carboxylic acids is 1. The number of benzene rings is 2. The molecule has 150 valence electrons. The molecule has 6 heteroatoms. The molecule has 0 atom stereocenters. The summed E-state index contributed by atoms with van der Waals surface area (Å²) in [6.07, 6.45) is 1.85. The highest BCUT2D eigenvalue weighted by molar-refractivity contribution is 5.92. The number of methoxy groups -OCH3 is 1. The first-order chi connectivity index (χ1) is 14.0. The average molecular weight is 392 g/mol. The van der Waals surface area contributed by atoms with E-state index in [0.29, 0.717) is 12.3 Å². The van der Waals surface area contributed by atoms with E-state index in [1.54, 1.807) is 18.3 Å². The molecule has 0 aliphatic rings. The van der Waals surface area contributed by atoms with Gasteiger partial charge in [-0.2, -0.15) is 0 Å². The Morgan fingerprint density at radius 1 is 1.10 bits per heavy atom. The van der Waals surface area contributed by atoms with E-state index in [1.165, 1.54) is 7.11 Å². The quantitative estimate of drug-likeness (QED) is 0.570. The summed E-state index contributed by atoms with van der Waals surface area (Å²) in [6, 6.07) is 16.8. The maximum Gasteiger partial charge on any atom is 0.339 e. The van der Waals surface area contributed by atoms with Crippen LogP contribution < -0.4 is 14.8 Å². The molecule has 0 fully saturated rings. The van der Waals surface area contributed by atoms with E-state index in [2.05, 4.69) is 10.3 Å². The number of ether oxygens (including phenoxy) is 2. The van der Waals surface area contributed by atoms with E-state index in [4.69, 9.17) is 9.47 Å². The lowest BCUT2D eigenvalue weighted by Crippen LogP contribution is -2.06. The van der Waals surface area contributed by atoms with Crippen LogP contribution in [0.1, 0.15) is 29.8 Å². The van der Waals surface area contributed by atoms with Crippen LogP contribution in [0.4, 0.5) is 5.82 Å². The molecule has 0 aliphatic heterocycles. The van der Waals surface area contributed by atoms with Crippen LogP contribution in [0.3, 0.4) is 0 Å². The fourth-order valence-corrected chi connectivity index (χ4v) is 2.92. The number of pyridine rings is 1. The van der Waals surface area contributed by atoms with Gasteiger partial charge in [-0.3, -0.25) is 0 Å². The van der Waals surface area contributed by atoms with Gasteiger partial charge in [0.1, 0.15) is 22.9 Å². The SMILES string of the molecule is COc1ccc(-c2ccc(NCc3cccc(OC(C)C)c3)nc2)cc1C(=O)O. The van der Waals surface area contributed by atoms with Crippen molar-refractivity contribution >= 4 is 11.8 Å². The van der Waals surface area contributed by atoms with Crippen LogP contribution in [0.5, 0.6) is 11.5 Å². The molecule has 0 bridgehead atoms. The van der Waals surface area contributed by atoms with E-state index >= 15 is 0 Å².